The molecule has 0 atom stereocenters. The van der Waals surface area contributed by atoms with E-state index in [1.807, 2.05) is 0 Å². The molecule has 0 fully saturated rings. The first-order chi connectivity index (χ1) is 8.24. The number of unbranched alkanes of at least 4 members (excludes halogenated alkanes) is 3. The summed E-state index contributed by atoms with van der Waals surface area (Å²) in [6.07, 6.45) is 4.45. The summed E-state index contributed by atoms with van der Waals surface area (Å²) in [5, 5.41) is 12.2. The number of rotatable bonds is 7. The largest absolute Gasteiger partial charge is 0.506 e. The Kier molecular flexibility index (Phi) is 9.06. The van der Waals surface area contributed by atoms with Crippen LogP contribution in [0.25, 0.3) is 0 Å². The van der Waals surface area contributed by atoms with E-state index in [0.717, 1.165) is 25.7 Å². The molecule has 102 valence electrons. The quantitative estimate of drug-likeness (QED) is 0.528. The molecule has 0 unspecified atom stereocenters. The number of hydrogen-bond donors (Lipinski definition) is 3. The van der Waals surface area contributed by atoms with Gasteiger partial charge in [-0.2, -0.15) is 0 Å². The van der Waals surface area contributed by atoms with Crippen LogP contribution in [0.15, 0.2) is 24.3 Å². The molecule has 0 saturated carbocycles. The topological polar surface area (TPSA) is 75.4 Å². The van der Waals surface area contributed by atoms with E-state index in [2.05, 4.69) is 5.32 Å². The first-order valence-corrected chi connectivity index (χ1v) is 6.02. The molecule has 1 rings (SSSR count). The second-order valence-corrected chi connectivity index (χ2v) is 4.02. The molecule has 18 heavy (non-hydrogen) atoms. The summed E-state index contributed by atoms with van der Waals surface area (Å²) < 4.78 is 0. The third-order valence-corrected chi connectivity index (χ3v) is 2.54. The van der Waals surface area contributed by atoms with Gasteiger partial charge >= 0.3 is 0 Å². The third kappa shape index (κ3) is 6.47. The molecule has 4 N–H and O–H groups in total. The normalized spacial score (nSPS) is 9.61. The number of benzene rings is 1. The summed E-state index contributed by atoms with van der Waals surface area (Å²) >= 11 is 0. The number of hydrogen-bond acceptors (Lipinski definition) is 3. The second-order valence-electron chi connectivity index (χ2n) is 4.02. The van der Waals surface area contributed by atoms with Crippen LogP contribution >= 0.6 is 12.4 Å². The highest BCUT2D eigenvalue weighted by atomic mass is 35.5. The van der Waals surface area contributed by atoms with Gasteiger partial charge in [0.05, 0.1) is 5.69 Å². The van der Waals surface area contributed by atoms with Gasteiger partial charge in [-0.15, -0.1) is 12.4 Å². The van der Waals surface area contributed by atoms with Crippen LogP contribution < -0.4 is 11.1 Å². The summed E-state index contributed by atoms with van der Waals surface area (Å²) in [6, 6.07) is 6.73. The zero-order valence-electron chi connectivity index (χ0n) is 10.4. The summed E-state index contributed by atoms with van der Waals surface area (Å²) in [5.41, 5.74) is 5.85. The molecule has 0 saturated heterocycles. The van der Waals surface area contributed by atoms with Gasteiger partial charge < -0.3 is 16.2 Å². The number of nitrogens with two attached hydrogens (primary N) is 1. The van der Waals surface area contributed by atoms with Gasteiger partial charge in [0.1, 0.15) is 5.75 Å². The molecule has 0 bridgehead atoms. The Morgan fingerprint density at radius 3 is 2.50 bits per heavy atom. The Morgan fingerprint density at radius 2 is 1.83 bits per heavy atom. The molecule has 0 heterocycles. The molecule has 0 spiro atoms. The fourth-order valence-corrected chi connectivity index (χ4v) is 1.58. The lowest BCUT2D eigenvalue weighted by atomic mass is 10.1. The number of para-hydroxylation sites is 2. The summed E-state index contributed by atoms with van der Waals surface area (Å²) in [6.45, 7) is 0.712. The first kappa shape index (κ1) is 16.7. The molecule has 0 radical (unpaired) electrons. The number of carbonyl (C=O) groups excluding carboxylic acids is 1. The third-order valence-electron chi connectivity index (χ3n) is 2.54. The lowest BCUT2D eigenvalue weighted by molar-refractivity contribution is -0.116. The summed E-state index contributed by atoms with van der Waals surface area (Å²) in [4.78, 5) is 11.6. The van der Waals surface area contributed by atoms with Crippen LogP contribution in [-0.2, 0) is 4.79 Å². The van der Waals surface area contributed by atoms with Crippen molar-refractivity contribution in [1.82, 2.24) is 0 Å². The van der Waals surface area contributed by atoms with Crippen molar-refractivity contribution in [3.63, 3.8) is 0 Å². The number of carbonyl (C=O) groups is 1. The maximum atomic E-state index is 11.6. The standard InChI is InChI=1S/C13H20N2O2.ClH/c14-10-6-2-1-3-9-13(17)15-11-7-4-5-8-12(11)16;/h4-5,7-8,16H,1-3,6,9-10,14H2,(H,15,17);1H. The van der Waals surface area contributed by atoms with Crippen molar-refractivity contribution in [2.24, 2.45) is 5.73 Å². The van der Waals surface area contributed by atoms with Gasteiger partial charge in [-0.05, 0) is 31.5 Å². The van der Waals surface area contributed by atoms with E-state index in [1.54, 1.807) is 24.3 Å². The molecule has 1 aromatic rings. The lowest BCUT2D eigenvalue weighted by Crippen LogP contribution is -2.11. The monoisotopic (exact) mass is 272 g/mol. The van der Waals surface area contributed by atoms with Gasteiger partial charge in [0.2, 0.25) is 5.91 Å². The molecule has 0 aliphatic carbocycles. The minimum Gasteiger partial charge on any atom is -0.506 e. The smallest absolute Gasteiger partial charge is 0.224 e. The fourth-order valence-electron chi connectivity index (χ4n) is 1.58. The number of phenols is 1. The number of phenolic OH excluding ortho intramolecular Hbond substituents is 1. The Morgan fingerprint density at radius 1 is 1.17 bits per heavy atom. The molecular weight excluding hydrogens is 252 g/mol. The molecule has 1 aromatic carbocycles. The number of amides is 1. The van der Waals surface area contributed by atoms with Crippen LogP contribution in [0.1, 0.15) is 32.1 Å². The molecular formula is C13H21ClN2O2. The van der Waals surface area contributed by atoms with Gasteiger partial charge in [0.15, 0.2) is 0 Å². The minimum atomic E-state index is -0.0563. The van der Waals surface area contributed by atoms with E-state index in [1.165, 1.54) is 0 Å². The van der Waals surface area contributed by atoms with Crippen LogP contribution in [0.5, 0.6) is 5.75 Å². The lowest BCUT2D eigenvalue weighted by Gasteiger charge is -2.06. The highest BCUT2D eigenvalue weighted by molar-refractivity contribution is 5.92. The zero-order valence-corrected chi connectivity index (χ0v) is 11.2. The molecule has 5 heteroatoms. The van der Waals surface area contributed by atoms with Gasteiger partial charge in [0, 0.05) is 6.42 Å². The highest BCUT2D eigenvalue weighted by Crippen LogP contribution is 2.21. The molecule has 0 aliphatic heterocycles. The molecule has 4 nitrogen and oxygen atoms in total. The van der Waals surface area contributed by atoms with Gasteiger partial charge in [-0.1, -0.05) is 25.0 Å². The van der Waals surface area contributed by atoms with E-state index in [0.29, 0.717) is 18.7 Å². The number of halogens is 1. The van der Waals surface area contributed by atoms with Crippen LogP contribution in [0.2, 0.25) is 0 Å². The second kappa shape index (κ2) is 9.74. The SMILES string of the molecule is Cl.NCCCCCCC(=O)Nc1ccccc1O. The van der Waals surface area contributed by atoms with Gasteiger partial charge in [0.25, 0.3) is 0 Å². The fraction of sp³-hybridized carbons (Fsp3) is 0.462. The van der Waals surface area contributed by atoms with Crippen molar-refractivity contribution in [2.45, 2.75) is 32.1 Å². The molecule has 1 amide bonds. The Labute approximate surface area is 114 Å². The van der Waals surface area contributed by atoms with E-state index >= 15 is 0 Å². The predicted molar refractivity (Wildman–Crippen MR) is 76.1 cm³/mol. The Bertz CT molecular complexity index is 359. The van der Waals surface area contributed by atoms with Crippen molar-refractivity contribution in [3.05, 3.63) is 24.3 Å². The summed E-state index contributed by atoms with van der Waals surface area (Å²) in [7, 11) is 0. The van der Waals surface area contributed by atoms with Crippen LogP contribution in [-0.4, -0.2) is 17.6 Å². The van der Waals surface area contributed by atoms with E-state index in [4.69, 9.17) is 5.73 Å². The number of anilines is 1. The number of nitrogens with one attached hydrogen (secondary N) is 1. The van der Waals surface area contributed by atoms with Crippen molar-refractivity contribution in [2.75, 3.05) is 11.9 Å². The molecule has 0 aliphatic rings. The van der Waals surface area contributed by atoms with Gasteiger partial charge in [-0.25, -0.2) is 0 Å². The molecule has 0 aromatic heterocycles. The zero-order chi connectivity index (χ0) is 12.5. The first-order valence-electron chi connectivity index (χ1n) is 6.02. The van der Waals surface area contributed by atoms with Crippen molar-refractivity contribution in [1.29, 1.82) is 0 Å². The van der Waals surface area contributed by atoms with Crippen molar-refractivity contribution < 1.29 is 9.90 Å². The van der Waals surface area contributed by atoms with E-state index in [9.17, 15) is 9.90 Å². The van der Waals surface area contributed by atoms with Crippen molar-refractivity contribution in [3.8, 4) is 5.75 Å². The average molecular weight is 273 g/mol. The highest BCUT2D eigenvalue weighted by Gasteiger charge is 2.04. The van der Waals surface area contributed by atoms with Crippen molar-refractivity contribution >= 4 is 24.0 Å². The van der Waals surface area contributed by atoms with Crippen LogP contribution in [0, 0.1) is 0 Å². The van der Waals surface area contributed by atoms with Crippen LogP contribution in [0.3, 0.4) is 0 Å². The minimum absolute atomic E-state index is 0. The van der Waals surface area contributed by atoms with Crippen LogP contribution in [0.4, 0.5) is 5.69 Å². The van der Waals surface area contributed by atoms with E-state index < -0.39 is 0 Å². The summed E-state index contributed by atoms with van der Waals surface area (Å²) in [5.74, 6) is 0.0447. The Hall–Kier alpha value is -1.26. The number of aromatic hydroxyl groups is 1. The maximum absolute atomic E-state index is 11.6. The maximum Gasteiger partial charge on any atom is 0.224 e. The predicted octanol–water partition coefficient (Wildman–Crippen LogP) is 2.66. The average Bonchev–Trinajstić information content (AvgIpc) is 2.32. The van der Waals surface area contributed by atoms with Gasteiger partial charge in [-0.3, -0.25) is 4.79 Å². The van der Waals surface area contributed by atoms with E-state index in [-0.39, 0.29) is 24.1 Å². The Balaban J connectivity index is 0.00000289.